The number of nitrogens with one attached hydrogen (secondary N) is 2. The molecule has 0 aliphatic carbocycles. The van der Waals surface area contributed by atoms with E-state index < -0.39 is 0 Å². The second-order valence-corrected chi connectivity index (χ2v) is 3.57. The zero-order valence-corrected chi connectivity index (χ0v) is 8.13. The van der Waals surface area contributed by atoms with Crippen molar-refractivity contribution in [1.82, 2.24) is 10.7 Å². The largest absolute Gasteiger partial charge is 0.293 e. The molecule has 1 aromatic carbocycles. The fraction of sp³-hybridized carbons (Fsp3) is 0.250. The van der Waals surface area contributed by atoms with E-state index in [0.29, 0.717) is 0 Å². The Labute approximate surface area is 79.9 Å². The lowest BCUT2D eigenvalue weighted by Crippen LogP contribution is -2.30. The highest BCUT2D eigenvalue weighted by atomic mass is 79.9. The topological polar surface area (TPSA) is 27.3 Å². The maximum atomic E-state index is 3.43. The molecule has 0 bridgehead atoms. The first-order valence-corrected chi connectivity index (χ1v) is 4.63. The van der Waals surface area contributed by atoms with Crippen LogP contribution in [0.15, 0.2) is 28.7 Å². The number of anilines is 1. The lowest BCUT2D eigenvalue weighted by molar-refractivity contribution is 0.778. The molecule has 1 aliphatic heterocycles. The van der Waals surface area contributed by atoms with E-state index in [-0.39, 0.29) is 0 Å². The van der Waals surface area contributed by atoms with E-state index in [0.717, 1.165) is 17.8 Å². The maximum absolute atomic E-state index is 3.43. The van der Waals surface area contributed by atoms with Gasteiger partial charge in [0.1, 0.15) is 0 Å². The van der Waals surface area contributed by atoms with Crippen molar-refractivity contribution >= 4 is 21.6 Å². The molecule has 1 aliphatic rings. The summed E-state index contributed by atoms with van der Waals surface area (Å²) in [6, 6.07) is 8.21. The fourth-order valence-corrected chi connectivity index (χ4v) is 1.59. The van der Waals surface area contributed by atoms with Crippen LogP contribution in [-0.4, -0.2) is 13.3 Å². The van der Waals surface area contributed by atoms with Crippen LogP contribution >= 0.6 is 15.9 Å². The standard InChI is InChI=1S/C8H10BrN3/c9-7-2-1-3-8(4-7)12-6-10-5-11-12/h1-4,10-11H,5-6H2. The van der Waals surface area contributed by atoms with Crippen LogP contribution in [0.3, 0.4) is 0 Å². The van der Waals surface area contributed by atoms with E-state index >= 15 is 0 Å². The molecule has 2 N–H and O–H groups in total. The Kier molecular flexibility index (Phi) is 2.30. The van der Waals surface area contributed by atoms with Gasteiger partial charge in [0.15, 0.2) is 0 Å². The van der Waals surface area contributed by atoms with Crippen molar-refractivity contribution in [3.05, 3.63) is 28.7 Å². The van der Waals surface area contributed by atoms with Crippen LogP contribution in [0.4, 0.5) is 5.69 Å². The summed E-state index contributed by atoms with van der Waals surface area (Å²) >= 11 is 3.43. The summed E-state index contributed by atoms with van der Waals surface area (Å²) in [5.74, 6) is 0. The number of hydrazine groups is 1. The molecular formula is C8H10BrN3. The molecule has 1 saturated heterocycles. The maximum Gasteiger partial charge on any atom is 0.0849 e. The summed E-state index contributed by atoms with van der Waals surface area (Å²) in [6.07, 6.45) is 0. The molecule has 0 radical (unpaired) electrons. The summed E-state index contributed by atoms with van der Waals surface area (Å²) in [5, 5.41) is 5.26. The number of rotatable bonds is 1. The predicted molar refractivity (Wildman–Crippen MR) is 52.6 cm³/mol. The van der Waals surface area contributed by atoms with Crippen LogP contribution in [0.25, 0.3) is 0 Å². The Hall–Kier alpha value is -0.580. The van der Waals surface area contributed by atoms with E-state index in [1.54, 1.807) is 0 Å². The molecule has 0 aromatic heterocycles. The van der Waals surface area contributed by atoms with Crippen molar-refractivity contribution < 1.29 is 0 Å². The Morgan fingerprint density at radius 1 is 1.42 bits per heavy atom. The number of hydrogen-bond acceptors (Lipinski definition) is 3. The zero-order valence-electron chi connectivity index (χ0n) is 6.55. The van der Waals surface area contributed by atoms with Crippen LogP contribution in [0, 0.1) is 0 Å². The Bertz CT molecular complexity index is 271. The third kappa shape index (κ3) is 1.60. The van der Waals surface area contributed by atoms with Crippen molar-refractivity contribution in [2.45, 2.75) is 0 Å². The molecular weight excluding hydrogens is 218 g/mol. The first-order valence-electron chi connectivity index (χ1n) is 3.83. The highest BCUT2D eigenvalue weighted by Gasteiger charge is 2.09. The average molecular weight is 228 g/mol. The molecule has 1 aromatic rings. The SMILES string of the molecule is Brc1cccc(N2CNCN2)c1. The molecule has 12 heavy (non-hydrogen) atoms. The van der Waals surface area contributed by atoms with Crippen molar-refractivity contribution in [3.63, 3.8) is 0 Å². The minimum absolute atomic E-state index is 0.840. The van der Waals surface area contributed by atoms with Gasteiger partial charge in [-0.3, -0.25) is 10.3 Å². The highest BCUT2D eigenvalue weighted by Crippen LogP contribution is 2.18. The van der Waals surface area contributed by atoms with Crippen LogP contribution in [0.1, 0.15) is 0 Å². The lowest BCUT2D eigenvalue weighted by atomic mass is 10.3. The van der Waals surface area contributed by atoms with Gasteiger partial charge < -0.3 is 0 Å². The highest BCUT2D eigenvalue weighted by molar-refractivity contribution is 9.10. The summed E-state index contributed by atoms with van der Waals surface area (Å²) < 4.78 is 1.11. The van der Waals surface area contributed by atoms with Gasteiger partial charge in [-0.05, 0) is 18.2 Å². The molecule has 0 atom stereocenters. The number of benzene rings is 1. The minimum Gasteiger partial charge on any atom is -0.293 e. The summed E-state index contributed by atoms with van der Waals surface area (Å²) in [6.45, 7) is 1.70. The first-order chi connectivity index (χ1) is 5.86. The first kappa shape index (κ1) is 8.04. The van der Waals surface area contributed by atoms with Gasteiger partial charge >= 0.3 is 0 Å². The fourth-order valence-electron chi connectivity index (χ4n) is 1.20. The molecule has 0 spiro atoms. The van der Waals surface area contributed by atoms with Gasteiger partial charge in [0, 0.05) is 4.47 Å². The summed E-state index contributed by atoms with van der Waals surface area (Å²) in [7, 11) is 0. The summed E-state index contributed by atoms with van der Waals surface area (Å²) in [5.41, 5.74) is 4.38. The van der Waals surface area contributed by atoms with Crippen LogP contribution in [0.2, 0.25) is 0 Å². The van der Waals surface area contributed by atoms with Gasteiger partial charge in [0.05, 0.1) is 19.0 Å². The van der Waals surface area contributed by atoms with E-state index in [1.807, 2.05) is 12.1 Å². The second-order valence-electron chi connectivity index (χ2n) is 2.65. The molecule has 1 fully saturated rings. The average Bonchev–Trinajstić information content (AvgIpc) is 2.56. The number of hydrogen-bond donors (Lipinski definition) is 2. The molecule has 0 unspecified atom stereocenters. The second kappa shape index (κ2) is 3.43. The van der Waals surface area contributed by atoms with Crippen molar-refractivity contribution in [3.8, 4) is 0 Å². The van der Waals surface area contributed by atoms with E-state index in [4.69, 9.17) is 0 Å². The number of nitrogens with zero attached hydrogens (tertiary/aromatic N) is 1. The van der Waals surface area contributed by atoms with Crippen molar-refractivity contribution in [1.29, 1.82) is 0 Å². The van der Waals surface area contributed by atoms with E-state index in [1.165, 1.54) is 5.69 Å². The normalized spacial score (nSPS) is 16.9. The van der Waals surface area contributed by atoms with Crippen LogP contribution < -0.4 is 15.8 Å². The lowest BCUT2D eigenvalue weighted by Gasteiger charge is -2.16. The molecule has 0 amide bonds. The molecule has 2 rings (SSSR count). The van der Waals surface area contributed by atoms with E-state index in [9.17, 15) is 0 Å². The Balaban J connectivity index is 2.21. The van der Waals surface area contributed by atoms with Gasteiger partial charge in [-0.2, -0.15) is 0 Å². The third-order valence-corrected chi connectivity index (χ3v) is 2.28. The van der Waals surface area contributed by atoms with Gasteiger partial charge in [-0.1, -0.05) is 22.0 Å². The minimum atomic E-state index is 0.840. The van der Waals surface area contributed by atoms with Crippen LogP contribution in [0.5, 0.6) is 0 Å². The monoisotopic (exact) mass is 227 g/mol. The van der Waals surface area contributed by atoms with Crippen molar-refractivity contribution in [2.24, 2.45) is 0 Å². The molecule has 1 heterocycles. The smallest absolute Gasteiger partial charge is 0.0849 e. The molecule has 4 heteroatoms. The van der Waals surface area contributed by atoms with Gasteiger partial charge in [-0.15, -0.1) is 0 Å². The van der Waals surface area contributed by atoms with E-state index in [2.05, 4.69) is 43.8 Å². The predicted octanol–water partition coefficient (Wildman–Crippen LogP) is 1.28. The third-order valence-electron chi connectivity index (χ3n) is 1.78. The van der Waals surface area contributed by atoms with Crippen molar-refractivity contribution in [2.75, 3.05) is 18.3 Å². The molecule has 0 saturated carbocycles. The van der Waals surface area contributed by atoms with Gasteiger partial charge in [0.2, 0.25) is 0 Å². The van der Waals surface area contributed by atoms with Gasteiger partial charge in [-0.25, -0.2) is 5.43 Å². The molecule has 3 nitrogen and oxygen atoms in total. The summed E-state index contributed by atoms with van der Waals surface area (Å²) in [4.78, 5) is 0. The molecule has 64 valence electrons. The quantitative estimate of drug-likeness (QED) is 0.758. The zero-order chi connectivity index (χ0) is 8.39. The van der Waals surface area contributed by atoms with Crippen LogP contribution in [-0.2, 0) is 0 Å². The van der Waals surface area contributed by atoms with Gasteiger partial charge in [0.25, 0.3) is 0 Å². The Morgan fingerprint density at radius 3 is 3.00 bits per heavy atom. The number of halogens is 1. The Morgan fingerprint density at radius 2 is 2.33 bits per heavy atom.